The number of ketones is 1. The molecule has 0 aromatic heterocycles. The summed E-state index contributed by atoms with van der Waals surface area (Å²) >= 11 is 0. The lowest BCUT2D eigenvalue weighted by atomic mass is 9.89. The molecule has 1 saturated heterocycles. The SMILES string of the molecule is CCCCCCCC(=O)C[C@H](CN1CCCC1C)[C@H](O)c1ccc2c(c1)OCCO2. The van der Waals surface area contributed by atoms with Crippen LogP contribution >= 0.6 is 0 Å². The van der Waals surface area contributed by atoms with Crippen molar-refractivity contribution in [2.24, 2.45) is 5.92 Å². The highest BCUT2D eigenvalue weighted by molar-refractivity contribution is 5.78. The minimum atomic E-state index is -0.683. The number of hydrogen-bond acceptors (Lipinski definition) is 5. The van der Waals surface area contributed by atoms with Crippen LogP contribution in [0.3, 0.4) is 0 Å². The lowest BCUT2D eigenvalue weighted by Gasteiger charge is -2.30. The zero-order valence-corrected chi connectivity index (χ0v) is 18.8. The summed E-state index contributed by atoms with van der Waals surface area (Å²) in [7, 11) is 0. The zero-order chi connectivity index (χ0) is 21.3. The van der Waals surface area contributed by atoms with Crippen molar-refractivity contribution in [1.29, 1.82) is 0 Å². The maximum absolute atomic E-state index is 12.7. The zero-order valence-electron chi connectivity index (χ0n) is 18.8. The van der Waals surface area contributed by atoms with Gasteiger partial charge in [-0.25, -0.2) is 0 Å². The molecule has 5 heteroatoms. The van der Waals surface area contributed by atoms with Gasteiger partial charge in [-0.2, -0.15) is 0 Å². The first kappa shape index (κ1) is 23.1. The molecule has 3 rings (SSSR count). The molecule has 0 spiro atoms. The van der Waals surface area contributed by atoms with E-state index >= 15 is 0 Å². The Hall–Kier alpha value is -1.59. The van der Waals surface area contributed by atoms with Crippen LogP contribution in [0.5, 0.6) is 11.5 Å². The van der Waals surface area contributed by atoms with Crippen molar-refractivity contribution in [2.45, 2.75) is 83.8 Å². The number of carbonyl (C=O) groups is 1. The summed E-state index contributed by atoms with van der Waals surface area (Å²) in [5, 5.41) is 11.2. The van der Waals surface area contributed by atoms with E-state index in [-0.39, 0.29) is 11.7 Å². The van der Waals surface area contributed by atoms with Gasteiger partial charge in [0.25, 0.3) is 0 Å². The van der Waals surface area contributed by atoms with Gasteiger partial charge in [-0.3, -0.25) is 4.79 Å². The maximum Gasteiger partial charge on any atom is 0.161 e. The van der Waals surface area contributed by atoms with E-state index in [9.17, 15) is 9.90 Å². The van der Waals surface area contributed by atoms with Crippen molar-refractivity contribution in [1.82, 2.24) is 4.90 Å². The van der Waals surface area contributed by atoms with Gasteiger partial charge in [-0.1, -0.05) is 38.7 Å². The van der Waals surface area contributed by atoms with E-state index in [0.29, 0.717) is 37.8 Å². The Morgan fingerprint density at radius 2 is 1.93 bits per heavy atom. The molecular formula is C25H39NO4. The number of nitrogens with zero attached hydrogens (tertiary/aromatic N) is 1. The summed E-state index contributed by atoms with van der Waals surface area (Å²) in [4.78, 5) is 15.2. The number of rotatable bonds is 12. The molecule has 0 bridgehead atoms. The molecule has 168 valence electrons. The van der Waals surface area contributed by atoms with Crippen LogP contribution in [-0.4, -0.2) is 48.1 Å². The molecule has 5 nitrogen and oxygen atoms in total. The molecule has 1 unspecified atom stereocenters. The topological polar surface area (TPSA) is 59.0 Å². The van der Waals surface area contributed by atoms with Crippen LogP contribution in [0.25, 0.3) is 0 Å². The number of Topliss-reactive ketones (excluding diaryl/α,β-unsaturated/α-hetero) is 1. The molecule has 1 aromatic rings. The molecule has 0 aliphatic carbocycles. The largest absolute Gasteiger partial charge is 0.486 e. The third kappa shape index (κ3) is 6.45. The number of likely N-dealkylation sites (tertiary alicyclic amines) is 1. The minimum absolute atomic E-state index is 0.101. The normalized spacial score (nSPS) is 20.8. The van der Waals surface area contributed by atoms with E-state index in [0.717, 1.165) is 37.2 Å². The van der Waals surface area contributed by atoms with E-state index in [1.165, 1.54) is 32.1 Å². The Balaban J connectivity index is 1.64. The second-order valence-electron chi connectivity index (χ2n) is 9.00. The van der Waals surface area contributed by atoms with Gasteiger partial charge in [0, 0.05) is 31.3 Å². The third-order valence-corrected chi connectivity index (χ3v) is 6.56. The lowest BCUT2D eigenvalue weighted by Crippen LogP contribution is -2.35. The molecule has 1 aromatic carbocycles. The summed E-state index contributed by atoms with van der Waals surface area (Å²) in [5.41, 5.74) is 0.812. The molecule has 2 aliphatic heterocycles. The van der Waals surface area contributed by atoms with E-state index in [2.05, 4.69) is 18.7 Å². The molecule has 3 atom stereocenters. The number of aliphatic hydroxyl groups excluding tert-OH is 1. The van der Waals surface area contributed by atoms with E-state index in [1.807, 2.05) is 18.2 Å². The lowest BCUT2D eigenvalue weighted by molar-refractivity contribution is -0.121. The number of carbonyl (C=O) groups excluding carboxylic acids is 1. The average Bonchev–Trinajstić information content (AvgIpc) is 3.16. The van der Waals surface area contributed by atoms with Crippen LogP contribution in [0.2, 0.25) is 0 Å². The first-order chi connectivity index (χ1) is 14.6. The molecule has 1 fully saturated rings. The average molecular weight is 418 g/mol. The number of benzene rings is 1. The molecule has 2 aliphatic rings. The third-order valence-electron chi connectivity index (χ3n) is 6.56. The molecule has 2 heterocycles. The Labute approximate surface area is 181 Å². The smallest absolute Gasteiger partial charge is 0.161 e. The molecule has 0 saturated carbocycles. The summed E-state index contributed by atoms with van der Waals surface area (Å²) in [6.45, 7) is 7.34. The molecule has 0 radical (unpaired) electrons. The van der Waals surface area contributed by atoms with Gasteiger partial charge in [0.05, 0.1) is 6.10 Å². The Kier molecular flexibility index (Phi) is 9.01. The number of aliphatic hydroxyl groups is 1. The monoisotopic (exact) mass is 417 g/mol. The van der Waals surface area contributed by atoms with Crippen LogP contribution in [0.15, 0.2) is 18.2 Å². The fourth-order valence-corrected chi connectivity index (χ4v) is 4.68. The Morgan fingerprint density at radius 1 is 1.17 bits per heavy atom. The van der Waals surface area contributed by atoms with E-state index in [1.54, 1.807) is 0 Å². The maximum atomic E-state index is 12.7. The van der Waals surface area contributed by atoms with Crippen LogP contribution in [-0.2, 0) is 4.79 Å². The van der Waals surface area contributed by atoms with Gasteiger partial charge < -0.3 is 19.5 Å². The van der Waals surface area contributed by atoms with E-state index in [4.69, 9.17) is 9.47 Å². The summed E-state index contributed by atoms with van der Waals surface area (Å²) < 4.78 is 11.3. The molecular weight excluding hydrogens is 378 g/mol. The van der Waals surface area contributed by atoms with Gasteiger partial charge in [0.2, 0.25) is 0 Å². The highest BCUT2D eigenvalue weighted by Gasteiger charge is 2.30. The van der Waals surface area contributed by atoms with Gasteiger partial charge in [0.1, 0.15) is 19.0 Å². The molecule has 1 N–H and O–H groups in total. The molecule has 0 amide bonds. The first-order valence-corrected chi connectivity index (χ1v) is 11.9. The standard InChI is InChI=1S/C25H39NO4/c1-3-4-5-6-7-10-22(27)16-21(18-26-13-8-9-19(26)2)25(28)20-11-12-23-24(17-20)30-15-14-29-23/h11-12,17,19,21,25,28H,3-10,13-16,18H2,1-2H3/t19?,21-,25-/m1/s1. The van der Waals surface area contributed by atoms with Gasteiger partial charge >= 0.3 is 0 Å². The second kappa shape index (κ2) is 11.7. The highest BCUT2D eigenvalue weighted by atomic mass is 16.6. The summed E-state index contributed by atoms with van der Waals surface area (Å²) in [6, 6.07) is 6.19. The van der Waals surface area contributed by atoms with Crippen molar-refractivity contribution < 1.29 is 19.4 Å². The Morgan fingerprint density at radius 3 is 2.67 bits per heavy atom. The number of fused-ring (bicyclic) bond motifs is 1. The summed E-state index contributed by atoms with van der Waals surface area (Å²) in [5.74, 6) is 1.59. The van der Waals surface area contributed by atoms with Crippen LogP contribution in [0.1, 0.15) is 83.3 Å². The highest BCUT2D eigenvalue weighted by Crippen LogP contribution is 2.36. The van der Waals surface area contributed by atoms with Gasteiger partial charge in [-0.15, -0.1) is 0 Å². The van der Waals surface area contributed by atoms with Crippen molar-refractivity contribution in [3.63, 3.8) is 0 Å². The number of hydrogen-bond donors (Lipinski definition) is 1. The first-order valence-electron chi connectivity index (χ1n) is 11.9. The van der Waals surface area contributed by atoms with Crippen molar-refractivity contribution in [3.05, 3.63) is 23.8 Å². The quantitative estimate of drug-likeness (QED) is 0.490. The van der Waals surface area contributed by atoms with Crippen molar-refractivity contribution in [2.75, 3.05) is 26.3 Å². The number of unbranched alkanes of at least 4 members (excludes halogenated alkanes) is 4. The second-order valence-corrected chi connectivity index (χ2v) is 9.00. The fourth-order valence-electron chi connectivity index (χ4n) is 4.68. The van der Waals surface area contributed by atoms with E-state index < -0.39 is 6.10 Å². The predicted octanol–water partition coefficient (Wildman–Crippen LogP) is 4.91. The van der Waals surface area contributed by atoms with Crippen LogP contribution < -0.4 is 9.47 Å². The van der Waals surface area contributed by atoms with Crippen LogP contribution in [0, 0.1) is 5.92 Å². The fraction of sp³-hybridized carbons (Fsp3) is 0.720. The van der Waals surface area contributed by atoms with Gasteiger partial charge in [0.15, 0.2) is 11.5 Å². The van der Waals surface area contributed by atoms with Crippen molar-refractivity contribution in [3.8, 4) is 11.5 Å². The minimum Gasteiger partial charge on any atom is -0.486 e. The molecule has 30 heavy (non-hydrogen) atoms. The number of ether oxygens (including phenoxy) is 2. The summed E-state index contributed by atoms with van der Waals surface area (Å²) in [6.07, 6.45) is 8.52. The predicted molar refractivity (Wildman–Crippen MR) is 119 cm³/mol. The van der Waals surface area contributed by atoms with Crippen LogP contribution in [0.4, 0.5) is 0 Å². The Bertz CT molecular complexity index is 677. The van der Waals surface area contributed by atoms with Gasteiger partial charge in [-0.05, 0) is 50.4 Å². The van der Waals surface area contributed by atoms with Crippen molar-refractivity contribution >= 4 is 5.78 Å².